The van der Waals surface area contributed by atoms with E-state index in [0.717, 1.165) is 31.7 Å². The van der Waals surface area contributed by atoms with E-state index in [2.05, 4.69) is 10.3 Å². The van der Waals surface area contributed by atoms with Crippen LogP contribution in [-0.4, -0.2) is 29.6 Å². The molecular weight excluding hydrogens is 454 g/mol. The fourth-order valence-corrected chi connectivity index (χ4v) is 5.36. The van der Waals surface area contributed by atoms with Crippen LogP contribution in [0.1, 0.15) is 63.6 Å². The highest BCUT2D eigenvalue weighted by Crippen LogP contribution is 2.49. The fourth-order valence-electron chi connectivity index (χ4n) is 5.36. The third kappa shape index (κ3) is 4.66. The number of esters is 2. The van der Waals surface area contributed by atoms with Crippen LogP contribution in [0, 0.1) is 17.6 Å². The number of hydrogen-bond acceptors (Lipinski definition) is 6. The molecule has 35 heavy (non-hydrogen) atoms. The Hall–Kier alpha value is -3.29. The average Bonchev–Trinajstić information content (AvgIpc) is 3.34. The molecule has 0 saturated heterocycles. The lowest BCUT2D eigenvalue weighted by molar-refractivity contribution is -0.158. The van der Waals surface area contributed by atoms with Crippen LogP contribution in [0.4, 0.5) is 8.78 Å². The zero-order chi connectivity index (χ0) is 25.2. The molecule has 0 spiro atoms. The van der Waals surface area contributed by atoms with Crippen LogP contribution in [0.15, 0.2) is 53.9 Å². The van der Waals surface area contributed by atoms with E-state index in [0.29, 0.717) is 11.4 Å². The van der Waals surface area contributed by atoms with Crippen molar-refractivity contribution in [2.75, 3.05) is 6.61 Å². The summed E-state index contributed by atoms with van der Waals surface area (Å²) in [5.41, 5.74) is -0.310. The highest BCUT2D eigenvalue weighted by Gasteiger charge is 2.55. The molecule has 1 aromatic carbocycles. The van der Waals surface area contributed by atoms with Crippen LogP contribution in [0.5, 0.6) is 0 Å². The van der Waals surface area contributed by atoms with E-state index >= 15 is 4.39 Å². The first-order valence-corrected chi connectivity index (χ1v) is 12.0. The number of ether oxygens (including phenoxy) is 2. The number of pyridine rings is 1. The molecule has 2 heterocycles. The first-order valence-electron chi connectivity index (χ1n) is 12.0. The molecule has 0 bridgehead atoms. The van der Waals surface area contributed by atoms with Gasteiger partial charge in [0.1, 0.15) is 6.10 Å². The molecule has 4 rings (SSSR count). The van der Waals surface area contributed by atoms with Crippen molar-refractivity contribution in [3.63, 3.8) is 0 Å². The second-order valence-electron chi connectivity index (χ2n) is 9.24. The second kappa shape index (κ2) is 10.1. The first-order chi connectivity index (χ1) is 16.8. The maximum atomic E-state index is 15.3. The lowest BCUT2D eigenvalue weighted by Crippen LogP contribution is -2.56. The third-order valence-electron chi connectivity index (χ3n) is 6.97. The van der Waals surface area contributed by atoms with Gasteiger partial charge in [0.15, 0.2) is 11.6 Å². The molecule has 0 radical (unpaired) electrons. The maximum absolute atomic E-state index is 15.3. The van der Waals surface area contributed by atoms with Crippen molar-refractivity contribution >= 4 is 11.9 Å². The SMILES string of the molecule is CCOC(=O)C1=C(C)NC(C)(c2ccccn2)C(C(=O)OC2CCCC2)C1c1cccc(F)c1F. The van der Waals surface area contributed by atoms with Gasteiger partial charge in [0.25, 0.3) is 0 Å². The Labute approximate surface area is 203 Å². The van der Waals surface area contributed by atoms with Crippen LogP contribution < -0.4 is 5.32 Å². The summed E-state index contributed by atoms with van der Waals surface area (Å²) in [6.07, 6.45) is 4.72. The summed E-state index contributed by atoms with van der Waals surface area (Å²) in [6, 6.07) is 9.06. The van der Waals surface area contributed by atoms with Crippen LogP contribution >= 0.6 is 0 Å². The molecule has 186 valence electrons. The van der Waals surface area contributed by atoms with E-state index in [9.17, 15) is 14.0 Å². The molecule has 2 aliphatic rings. The van der Waals surface area contributed by atoms with Crippen molar-refractivity contribution in [3.05, 3.63) is 76.8 Å². The number of halogens is 2. The van der Waals surface area contributed by atoms with Gasteiger partial charge in [-0.05, 0) is 70.2 Å². The molecule has 0 amide bonds. The zero-order valence-electron chi connectivity index (χ0n) is 20.1. The number of aromatic nitrogens is 1. The number of carbonyl (C=O) groups is 2. The molecule has 6 nitrogen and oxygen atoms in total. The number of nitrogens with one attached hydrogen (secondary N) is 1. The Bertz CT molecular complexity index is 1130. The Morgan fingerprint density at radius 1 is 1.14 bits per heavy atom. The smallest absolute Gasteiger partial charge is 0.336 e. The minimum atomic E-state index is -1.18. The molecule has 3 atom stereocenters. The van der Waals surface area contributed by atoms with Gasteiger partial charge in [-0.15, -0.1) is 0 Å². The zero-order valence-corrected chi connectivity index (χ0v) is 20.1. The van der Waals surface area contributed by atoms with Gasteiger partial charge in [0.05, 0.1) is 29.3 Å². The number of allylic oxidation sites excluding steroid dienone is 1. The minimum absolute atomic E-state index is 0.0677. The van der Waals surface area contributed by atoms with E-state index in [1.165, 1.54) is 12.1 Å². The lowest BCUT2D eigenvalue weighted by Gasteiger charge is -2.46. The summed E-state index contributed by atoms with van der Waals surface area (Å²) in [7, 11) is 0. The van der Waals surface area contributed by atoms with Gasteiger partial charge < -0.3 is 14.8 Å². The molecule has 1 aromatic heterocycles. The van der Waals surface area contributed by atoms with Crippen molar-refractivity contribution in [1.82, 2.24) is 10.3 Å². The van der Waals surface area contributed by atoms with E-state index in [1.807, 2.05) is 0 Å². The fraction of sp³-hybridized carbons (Fsp3) is 0.444. The van der Waals surface area contributed by atoms with Gasteiger partial charge in [0, 0.05) is 17.8 Å². The van der Waals surface area contributed by atoms with Crippen LogP contribution in [0.25, 0.3) is 0 Å². The molecular formula is C27H30F2N2O4. The molecule has 1 N–H and O–H groups in total. The van der Waals surface area contributed by atoms with Gasteiger partial charge in [-0.3, -0.25) is 9.78 Å². The maximum Gasteiger partial charge on any atom is 0.336 e. The quantitative estimate of drug-likeness (QED) is 0.588. The van der Waals surface area contributed by atoms with Crippen molar-refractivity contribution in [3.8, 4) is 0 Å². The second-order valence-corrected chi connectivity index (χ2v) is 9.24. The van der Waals surface area contributed by atoms with Gasteiger partial charge in [-0.2, -0.15) is 0 Å². The third-order valence-corrected chi connectivity index (χ3v) is 6.97. The number of rotatable bonds is 6. The van der Waals surface area contributed by atoms with Crippen LogP contribution in [-0.2, 0) is 24.6 Å². The van der Waals surface area contributed by atoms with Crippen molar-refractivity contribution in [1.29, 1.82) is 0 Å². The molecule has 1 aliphatic carbocycles. The molecule has 2 aromatic rings. The van der Waals surface area contributed by atoms with E-state index < -0.39 is 40.9 Å². The van der Waals surface area contributed by atoms with Crippen LogP contribution in [0.3, 0.4) is 0 Å². The highest BCUT2D eigenvalue weighted by molar-refractivity contribution is 5.93. The predicted molar refractivity (Wildman–Crippen MR) is 125 cm³/mol. The number of nitrogens with zero attached hydrogens (tertiary/aromatic N) is 1. The molecule has 8 heteroatoms. The highest BCUT2D eigenvalue weighted by atomic mass is 19.2. The Morgan fingerprint density at radius 3 is 2.54 bits per heavy atom. The van der Waals surface area contributed by atoms with E-state index in [1.54, 1.807) is 45.2 Å². The largest absolute Gasteiger partial charge is 0.463 e. The Kier molecular flexibility index (Phi) is 7.19. The average molecular weight is 485 g/mol. The molecule has 1 saturated carbocycles. The summed E-state index contributed by atoms with van der Waals surface area (Å²) in [5.74, 6) is -5.77. The first kappa shape index (κ1) is 24.8. The number of benzene rings is 1. The topological polar surface area (TPSA) is 77.5 Å². The summed E-state index contributed by atoms with van der Waals surface area (Å²) in [4.78, 5) is 31.5. The van der Waals surface area contributed by atoms with Gasteiger partial charge >= 0.3 is 11.9 Å². The summed E-state index contributed by atoms with van der Waals surface area (Å²) < 4.78 is 40.9. The molecule has 1 fully saturated rings. The molecule has 3 unspecified atom stereocenters. The number of carbonyl (C=O) groups excluding carboxylic acids is 2. The summed E-state index contributed by atoms with van der Waals surface area (Å²) >= 11 is 0. The predicted octanol–water partition coefficient (Wildman–Crippen LogP) is 4.90. The minimum Gasteiger partial charge on any atom is -0.463 e. The standard InChI is InChI=1S/C27H30F2N2O4/c1-4-34-25(32)21-16(2)31-27(3,20-14-7-8-15-30-20)23(26(33)35-17-10-5-6-11-17)22(21)18-12-9-13-19(28)24(18)29/h7-9,12-15,17,22-23,31H,4-6,10-11H2,1-3H3. The lowest BCUT2D eigenvalue weighted by atomic mass is 9.66. The van der Waals surface area contributed by atoms with Crippen molar-refractivity contribution < 1.29 is 27.8 Å². The Morgan fingerprint density at radius 2 is 1.89 bits per heavy atom. The van der Waals surface area contributed by atoms with Crippen LogP contribution in [0.2, 0.25) is 0 Å². The van der Waals surface area contributed by atoms with Crippen molar-refractivity contribution in [2.24, 2.45) is 5.92 Å². The van der Waals surface area contributed by atoms with E-state index in [4.69, 9.17) is 9.47 Å². The molecule has 1 aliphatic heterocycles. The van der Waals surface area contributed by atoms with E-state index in [-0.39, 0.29) is 23.8 Å². The van der Waals surface area contributed by atoms with Gasteiger partial charge in [-0.1, -0.05) is 18.2 Å². The van der Waals surface area contributed by atoms with Crippen molar-refractivity contribution in [2.45, 2.75) is 64.0 Å². The van der Waals surface area contributed by atoms with Gasteiger partial charge in [0.2, 0.25) is 0 Å². The van der Waals surface area contributed by atoms with Gasteiger partial charge in [-0.25, -0.2) is 13.6 Å². The normalized spacial score (nSPS) is 24.7. The number of hydrogen-bond donors (Lipinski definition) is 1. The summed E-state index contributed by atoms with van der Waals surface area (Å²) in [6.45, 7) is 5.18. The monoisotopic (exact) mass is 484 g/mol. The summed E-state index contributed by atoms with van der Waals surface area (Å²) in [5, 5.41) is 3.29. The Balaban J connectivity index is 1.95.